The van der Waals surface area contributed by atoms with Crippen molar-refractivity contribution in [2.24, 2.45) is 0 Å². The van der Waals surface area contributed by atoms with Crippen LogP contribution >= 0.6 is 11.6 Å². The molecule has 0 N–H and O–H groups in total. The number of hydrogen-bond acceptors (Lipinski definition) is 3. The predicted octanol–water partition coefficient (Wildman–Crippen LogP) is -0.128. The van der Waals surface area contributed by atoms with E-state index >= 15 is 0 Å². The second-order valence-corrected chi connectivity index (χ2v) is 5.85. The van der Waals surface area contributed by atoms with Crippen LogP contribution in [0.2, 0.25) is 5.02 Å². The molecule has 1 fully saturated rings. The van der Waals surface area contributed by atoms with Gasteiger partial charge in [-0.05, 0) is 36.0 Å². The third-order valence-electron chi connectivity index (χ3n) is 4.09. The summed E-state index contributed by atoms with van der Waals surface area (Å²) in [7, 11) is 1.48. The predicted molar refractivity (Wildman–Crippen MR) is 76.9 cm³/mol. The number of ether oxygens (including phenoxy) is 1. The zero-order valence-electron chi connectivity index (χ0n) is 12.7. The summed E-state index contributed by atoms with van der Waals surface area (Å²) in [6.45, 7) is 0.0986. The molecular weight excluding hydrogens is 299 g/mol. The Morgan fingerprint density at radius 3 is 2.57 bits per heavy atom. The summed E-state index contributed by atoms with van der Waals surface area (Å²) in [4.78, 5) is 11.2. The second-order valence-electron chi connectivity index (χ2n) is 5.44. The number of hydrogen-bond donors (Lipinski definition) is 0. The molecule has 1 aromatic rings. The largest absolute Gasteiger partial charge is 1.00 e. The fourth-order valence-electron chi connectivity index (χ4n) is 2.97. The minimum absolute atomic E-state index is 0. The zero-order chi connectivity index (χ0) is 14.5. The van der Waals surface area contributed by atoms with E-state index in [1.54, 1.807) is 6.07 Å². The summed E-state index contributed by atoms with van der Waals surface area (Å²) in [6, 6.07) is 5.57. The van der Waals surface area contributed by atoms with Crippen molar-refractivity contribution in [2.75, 3.05) is 13.7 Å². The molecule has 3 nitrogen and oxygen atoms in total. The smallest absolute Gasteiger partial charge is 0.549 e. The average molecular weight is 319 g/mol. The molecule has 0 spiro atoms. The Labute approximate surface area is 153 Å². The van der Waals surface area contributed by atoms with Gasteiger partial charge in [0, 0.05) is 18.1 Å². The SMILES string of the molecule is COCC(C(=O)[O-])c1ccc(C2CCCCC2)c(Cl)c1.[Na+]. The Kier molecular flexibility index (Phi) is 8.28. The molecular formula is C16H20ClNaO3. The molecule has 2 rings (SSSR count). The minimum Gasteiger partial charge on any atom is -0.549 e. The number of carbonyl (C=O) groups excluding carboxylic acids is 1. The first-order chi connectivity index (χ1) is 9.63. The molecule has 1 atom stereocenters. The Hall–Kier alpha value is -0.0600. The van der Waals surface area contributed by atoms with Crippen LogP contribution < -0.4 is 34.7 Å². The maximum absolute atomic E-state index is 11.2. The first-order valence-corrected chi connectivity index (χ1v) is 7.50. The quantitative estimate of drug-likeness (QED) is 0.711. The fraction of sp³-hybridized carbons (Fsp3) is 0.562. The topological polar surface area (TPSA) is 49.4 Å². The van der Waals surface area contributed by atoms with Crippen molar-refractivity contribution in [1.29, 1.82) is 0 Å². The summed E-state index contributed by atoms with van der Waals surface area (Å²) >= 11 is 6.36. The monoisotopic (exact) mass is 318 g/mol. The molecule has 1 aromatic carbocycles. The molecule has 0 bridgehead atoms. The number of carbonyl (C=O) groups is 1. The van der Waals surface area contributed by atoms with E-state index < -0.39 is 11.9 Å². The van der Waals surface area contributed by atoms with E-state index in [9.17, 15) is 9.90 Å². The van der Waals surface area contributed by atoms with Gasteiger partial charge >= 0.3 is 29.6 Å². The summed E-state index contributed by atoms with van der Waals surface area (Å²) < 4.78 is 4.94. The molecule has 21 heavy (non-hydrogen) atoms. The maximum Gasteiger partial charge on any atom is 1.00 e. The van der Waals surface area contributed by atoms with Crippen molar-refractivity contribution in [3.8, 4) is 0 Å². The van der Waals surface area contributed by atoms with Crippen LogP contribution in [-0.4, -0.2) is 19.7 Å². The van der Waals surface area contributed by atoms with Crippen molar-refractivity contribution >= 4 is 17.6 Å². The molecule has 110 valence electrons. The molecule has 5 heteroatoms. The molecule has 1 saturated carbocycles. The van der Waals surface area contributed by atoms with Gasteiger partial charge in [-0.15, -0.1) is 0 Å². The van der Waals surface area contributed by atoms with Crippen LogP contribution in [0.15, 0.2) is 18.2 Å². The van der Waals surface area contributed by atoms with Crippen LogP contribution in [0.3, 0.4) is 0 Å². The van der Waals surface area contributed by atoms with Crippen molar-refractivity contribution in [3.63, 3.8) is 0 Å². The average Bonchev–Trinajstić information content (AvgIpc) is 2.45. The van der Waals surface area contributed by atoms with E-state index in [-0.39, 0.29) is 36.2 Å². The molecule has 0 radical (unpaired) electrons. The number of methoxy groups -OCH3 is 1. The van der Waals surface area contributed by atoms with Crippen molar-refractivity contribution in [1.82, 2.24) is 0 Å². The Morgan fingerprint density at radius 2 is 2.05 bits per heavy atom. The van der Waals surface area contributed by atoms with Gasteiger partial charge in [-0.25, -0.2) is 0 Å². The van der Waals surface area contributed by atoms with E-state index in [1.807, 2.05) is 12.1 Å². The first kappa shape index (κ1) is 19.0. The number of carboxylic acid groups (broad SMARTS) is 1. The van der Waals surface area contributed by atoms with E-state index in [2.05, 4.69) is 0 Å². The van der Waals surface area contributed by atoms with E-state index in [4.69, 9.17) is 16.3 Å². The normalized spacial score (nSPS) is 17.0. The Bertz CT molecular complexity index is 473. The molecule has 0 amide bonds. The third-order valence-corrected chi connectivity index (χ3v) is 4.42. The zero-order valence-corrected chi connectivity index (χ0v) is 15.5. The molecule has 0 aromatic heterocycles. The molecule has 1 aliphatic rings. The number of carboxylic acids is 1. The molecule has 1 aliphatic carbocycles. The molecule has 0 saturated heterocycles. The van der Waals surface area contributed by atoms with Gasteiger partial charge in [0.15, 0.2) is 0 Å². The van der Waals surface area contributed by atoms with E-state index in [0.29, 0.717) is 16.5 Å². The van der Waals surface area contributed by atoms with Gasteiger partial charge in [-0.2, -0.15) is 0 Å². The van der Waals surface area contributed by atoms with Gasteiger partial charge in [0.1, 0.15) is 0 Å². The summed E-state index contributed by atoms with van der Waals surface area (Å²) in [5.74, 6) is -1.39. The van der Waals surface area contributed by atoms with Crippen LogP contribution in [-0.2, 0) is 9.53 Å². The van der Waals surface area contributed by atoms with Crippen molar-refractivity contribution in [2.45, 2.75) is 43.9 Å². The van der Waals surface area contributed by atoms with Crippen LogP contribution in [0.4, 0.5) is 0 Å². The Balaban J connectivity index is 0.00000220. The van der Waals surface area contributed by atoms with Crippen molar-refractivity contribution in [3.05, 3.63) is 34.3 Å². The number of aliphatic carboxylic acids is 1. The second kappa shape index (κ2) is 9.16. The summed E-state index contributed by atoms with van der Waals surface area (Å²) in [5, 5.41) is 11.8. The van der Waals surface area contributed by atoms with Crippen LogP contribution in [0, 0.1) is 0 Å². The van der Waals surface area contributed by atoms with Crippen LogP contribution in [0.1, 0.15) is 55.1 Å². The molecule has 1 unspecified atom stereocenters. The molecule has 0 aliphatic heterocycles. The van der Waals surface area contributed by atoms with Crippen LogP contribution in [0.25, 0.3) is 0 Å². The van der Waals surface area contributed by atoms with Gasteiger partial charge in [-0.3, -0.25) is 0 Å². The van der Waals surface area contributed by atoms with E-state index in [1.165, 1.54) is 39.2 Å². The van der Waals surface area contributed by atoms with Gasteiger partial charge < -0.3 is 14.6 Å². The van der Waals surface area contributed by atoms with E-state index in [0.717, 1.165) is 5.56 Å². The van der Waals surface area contributed by atoms with Gasteiger partial charge in [-0.1, -0.05) is 43.0 Å². The number of rotatable bonds is 5. The summed E-state index contributed by atoms with van der Waals surface area (Å²) in [6.07, 6.45) is 6.12. The number of benzene rings is 1. The minimum atomic E-state index is -1.13. The maximum atomic E-state index is 11.2. The number of halogens is 1. The Morgan fingerprint density at radius 1 is 1.38 bits per heavy atom. The van der Waals surface area contributed by atoms with Gasteiger partial charge in [0.05, 0.1) is 12.6 Å². The van der Waals surface area contributed by atoms with Crippen molar-refractivity contribution < 1.29 is 44.2 Å². The first-order valence-electron chi connectivity index (χ1n) is 7.12. The van der Waals surface area contributed by atoms with Gasteiger partial charge in [0.2, 0.25) is 0 Å². The third kappa shape index (κ3) is 4.97. The van der Waals surface area contributed by atoms with Crippen LogP contribution in [0.5, 0.6) is 0 Å². The fourth-order valence-corrected chi connectivity index (χ4v) is 3.32. The molecule has 0 heterocycles. The standard InChI is InChI=1S/C16H21ClO3.Na/c1-20-10-14(16(18)19)12-7-8-13(15(17)9-12)11-5-3-2-4-6-11;/h7-9,11,14H,2-6,10H2,1H3,(H,18,19);/q;+1/p-1. The summed E-state index contributed by atoms with van der Waals surface area (Å²) in [5.41, 5.74) is 1.79. The van der Waals surface area contributed by atoms with Gasteiger partial charge in [0.25, 0.3) is 0 Å².